The van der Waals surface area contributed by atoms with Gasteiger partial charge in [-0.05, 0) is 5.56 Å². The van der Waals surface area contributed by atoms with Crippen molar-refractivity contribution in [3.05, 3.63) is 35.9 Å². The van der Waals surface area contributed by atoms with Gasteiger partial charge in [-0.1, -0.05) is 30.3 Å². The van der Waals surface area contributed by atoms with E-state index in [1.807, 2.05) is 18.2 Å². The van der Waals surface area contributed by atoms with E-state index in [0.29, 0.717) is 0 Å². The topological polar surface area (TPSA) is 58.6 Å². The van der Waals surface area contributed by atoms with Crippen LogP contribution in [0, 0.1) is 0 Å². The monoisotopic (exact) mass is 266 g/mol. The molecule has 2 amide bonds. The summed E-state index contributed by atoms with van der Waals surface area (Å²) in [6.45, 7) is -0.494. The smallest absolute Gasteiger partial charge is 0.348 e. The molecule has 0 atom stereocenters. The maximum absolute atomic E-state index is 14.1. The summed E-state index contributed by atoms with van der Waals surface area (Å²) >= 11 is 0. The van der Waals surface area contributed by atoms with Gasteiger partial charge in [-0.2, -0.15) is 0 Å². The largest absolute Gasteiger partial charge is 0.458 e. The number of urea groups is 1. The first-order valence-corrected chi connectivity index (χ1v) is 5.92. The van der Waals surface area contributed by atoms with Gasteiger partial charge < -0.3 is 15.0 Å². The molecule has 1 N–H and O–H groups in total. The van der Waals surface area contributed by atoms with Gasteiger partial charge in [-0.15, -0.1) is 0 Å². The Bertz CT molecular complexity index is 472. The van der Waals surface area contributed by atoms with Crippen LogP contribution in [-0.2, 0) is 16.1 Å². The van der Waals surface area contributed by atoms with Gasteiger partial charge in [0.05, 0.1) is 13.1 Å². The molecule has 5 nitrogen and oxygen atoms in total. The maximum atomic E-state index is 14.1. The fourth-order valence-corrected chi connectivity index (χ4v) is 1.84. The van der Waals surface area contributed by atoms with Crippen LogP contribution in [-0.4, -0.2) is 42.7 Å². The van der Waals surface area contributed by atoms with Crippen molar-refractivity contribution in [3.8, 4) is 0 Å². The Morgan fingerprint density at radius 3 is 2.58 bits per heavy atom. The SMILES string of the molecule is CNC(=O)N1CC(F)(C(=O)OCc2ccccc2)C1. The lowest BCUT2D eigenvalue weighted by molar-refractivity contribution is -0.168. The van der Waals surface area contributed by atoms with E-state index in [1.165, 1.54) is 11.9 Å². The molecule has 1 fully saturated rings. The summed E-state index contributed by atoms with van der Waals surface area (Å²) in [6, 6.07) is 8.64. The molecule has 6 heteroatoms. The third kappa shape index (κ3) is 2.83. The highest BCUT2D eigenvalue weighted by molar-refractivity contribution is 5.85. The number of halogens is 1. The Balaban J connectivity index is 1.83. The van der Waals surface area contributed by atoms with Gasteiger partial charge in [0.15, 0.2) is 0 Å². The standard InChI is InChI=1S/C13H15FN2O3/c1-15-12(18)16-8-13(14,9-16)11(17)19-7-10-5-3-2-4-6-10/h2-6H,7-9H2,1H3,(H,15,18). The molecule has 1 aliphatic rings. The van der Waals surface area contributed by atoms with Crippen LogP contribution in [0.25, 0.3) is 0 Å². The van der Waals surface area contributed by atoms with Crippen LogP contribution in [0.15, 0.2) is 30.3 Å². The van der Waals surface area contributed by atoms with Gasteiger partial charge in [-0.3, -0.25) is 0 Å². The number of nitrogens with one attached hydrogen (secondary N) is 1. The van der Waals surface area contributed by atoms with Gasteiger partial charge in [0.25, 0.3) is 0 Å². The first-order valence-electron chi connectivity index (χ1n) is 5.92. The van der Waals surface area contributed by atoms with E-state index in [9.17, 15) is 14.0 Å². The molecule has 0 bridgehead atoms. The van der Waals surface area contributed by atoms with Crippen molar-refractivity contribution in [2.24, 2.45) is 0 Å². The number of carbonyl (C=O) groups excluding carboxylic acids is 2. The molecule has 0 aliphatic carbocycles. The van der Waals surface area contributed by atoms with E-state index in [-0.39, 0.29) is 19.7 Å². The van der Waals surface area contributed by atoms with Gasteiger partial charge in [0, 0.05) is 7.05 Å². The second kappa shape index (κ2) is 5.26. The quantitative estimate of drug-likeness (QED) is 0.833. The highest BCUT2D eigenvalue weighted by Gasteiger charge is 2.53. The van der Waals surface area contributed by atoms with E-state index < -0.39 is 17.7 Å². The summed E-state index contributed by atoms with van der Waals surface area (Å²) in [5.74, 6) is -0.920. The highest BCUT2D eigenvalue weighted by atomic mass is 19.1. The number of hydrogen-bond acceptors (Lipinski definition) is 3. The van der Waals surface area contributed by atoms with E-state index >= 15 is 0 Å². The highest BCUT2D eigenvalue weighted by Crippen LogP contribution is 2.27. The molecule has 1 aromatic carbocycles. The van der Waals surface area contributed by atoms with E-state index in [1.54, 1.807) is 12.1 Å². The molecule has 0 radical (unpaired) electrons. The van der Waals surface area contributed by atoms with Gasteiger partial charge in [0.1, 0.15) is 6.61 Å². The average molecular weight is 266 g/mol. The molecule has 0 unspecified atom stereocenters. The minimum atomic E-state index is -2.08. The summed E-state index contributed by atoms with van der Waals surface area (Å²) in [5.41, 5.74) is -1.29. The summed E-state index contributed by atoms with van der Waals surface area (Å²) < 4.78 is 19.0. The van der Waals surface area contributed by atoms with Crippen molar-refractivity contribution in [3.63, 3.8) is 0 Å². The summed E-state index contributed by atoms with van der Waals surface area (Å²) in [6.07, 6.45) is 0. The van der Waals surface area contributed by atoms with Crippen LogP contribution in [0.4, 0.5) is 9.18 Å². The molecule has 1 aliphatic heterocycles. The number of rotatable bonds is 3. The molecule has 0 saturated carbocycles. The van der Waals surface area contributed by atoms with Crippen LogP contribution in [0.2, 0.25) is 0 Å². The summed E-state index contributed by atoms with van der Waals surface area (Å²) in [7, 11) is 1.45. The third-order valence-electron chi connectivity index (χ3n) is 2.96. The minimum Gasteiger partial charge on any atom is -0.458 e. The molecular weight excluding hydrogens is 251 g/mol. The summed E-state index contributed by atoms with van der Waals surface area (Å²) in [5, 5.41) is 2.37. The Labute approximate surface area is 110 Å². The summed E-state index contributed by atoms with van der Waals surface area (Å²) in [4.78, 5) is 24.0. The van der Waals surface area contributed by atoms with Crippen LogP contribution >= 0.6 is 0 Å². The molecular formula is C13H15FN2O3. The minimum absolute atomic E-state index is 0.0331. The first kappa shape index (κ1) is 13.3. The van der Waals surface area contributed by atoms with E-state index in [4.69, 9.17) is 4.74 Å². The zero-order valence-electron chi connectivity index (χ0n) is 10.6. The number of benzene rings is 1. The molecule has 19 heavy (non-hydrogen) atoms. The number of amides is 2. The predicted molar refractivity (Wildman–Crippen MR) is 66.1 cm³/mol. The molecule has 1 aromatic rings. The molecule has 102 valence electrons. The molecule has 1 heterocycles. The van der Waals surface area contributed by atoms with Crippen LogP contribution in [0.3, 0.4) is 0 Å². The average Bonchev–Trinajstić information content (AvgIpc) is 2.41. The van der Waals surface area contributed by atoms with Crippen molar-refractivity contribution < 1.29 is 18.7 Å². The van der Waals surface area contributed by atoms with E-state index in [0.717, 1.165) is 5.56 Å². The number of nitrogens with zero attached hydrogens (tertiary/aromatic N) is 1. The fraction of sp³-hybridized carbons (Fsp3) is 0.385. The lowest BCUT2D eigenvalue weighted by Gasteiger charge is -2.41. The van der Waals surface area contributed by atoms with Gasteiger partial charge >= 0.3 is 12.0 Å². The van der Waals surface area contributed by atoms with Gasteiger partial charge in [0.2, 0.25) is 5.67 Å². The second-order valence-corrected chi connectivity index (χ2v) is 4.44. The van der Waals surface area contributed by atoms with E-state index in [2.05, 4.69) is 5.32 Å². The Morgan fingerprint density at radius 2 is 2.00 bits per heavy atom. The van der Waals surface area contributed by atoms with Crippen molar-refractivity contribution >= 4 is 12.0 Å². The lowest BCUT2D eigenvalue weighted by Crippen LogP contribution is -2.66. The third-order valence-corrected chi connectivity index (χ3v) is 2.96. The van der Waals surface area contributed by atoms with Crippen molar-refractivity contribution in [1.82, 2.24) is 10.2 Å². The van der Waals surface area contributed by atoms with Crippen LogP contribution in [0.5, 0.6) is 0 Å². The molecule has 0 spiro atoms. The lowest BCUT2D eigenvalue weighted by atomic mass is 9.97. The first-order chi connectivity index (χ1) is 9.05. The Hall–Kier alpha value is -2.11. The molecule has 2 rings (SSSR count). The normalized spacial score (nSPS) is 16.4. The van der Waals surface area contributed by atoms with Crippen LogP contribution in [0.1, 0.15) is 5.56 Å². The zero-order valence-corrected chi connectivity index (χ0v) is 10.6. The Morgan fingerprint density at radius 1 is 1.37 bits per heavy atom. The van der Waals surface area contributed by atoms with Crippen molar-refractivity contribution in [1.29, 1.82) is 0 Å². The van der Waals surface area contributed by atoms with Crippen molar-refractivity contribution in [2.75, 3.05) is 20.1 Å². The number of alkyl halides is 1. The zero-order chi connectivity index (χ0) is 13.9. The fourth-order valence-electron chi connectivity index (χ4n) is 1.84. The van der Waals surface area contributed by atoms with Crippen LogP contribution < -0.4 is 5.32 Å². The predicted octanol–water partition coefficient (Wildman–Crippen LogP) is 1.09. The number of esters is 1. The Kier molecular flexibility index (Phi) is 3.69. The molecule has 1 saturated heterocycles. The number of likely N-dealkylation sites (tertiary alicyclic amines) is 1. The number of ether oxygens (including phenoxy) is 1. The maximum Gasteiger partial charge on any atom is 0.348 e. The molecule has 0 aromatic heterocycles. The van der Waals surface area contributed by atoms with Gasteiger partial charge in [-0.25, -0.2) is 14.0 Å². The number of hydrogen-bond donors (Lipinski definition) is 1. The van der Waals surface area contributed by atoms with Crippen molar-refractivity contribution in [2.45, 2.75) is 12.3 Å². The second-order valence-electron chi connectivity index (χ2n) is 4.44. The number of carbonyl (C=O) groups is 2.